The van der Waals surface area contributed by atoms with Crippen molar-refractivity contribution >= 4 is 17.5 Å². The zero-order chi connectivity index (χ0) is 17.7. The average Bonchev–Trinajstić information content (AvgIpc) is 3.35. The average molecular weight is 357 g/mol. The summed E-state index contributed by atoms with van der Waals surface area (Å²) in [6.45, 7) is 5.15. The monoisotopic (exact) mass is 357 g/mol. The Hall–Kier alpha value is -2.28. The number of fused-ring (bicyclic) bond motifs is 2. The van der Waals surface area contributed by atoms with Crippen LogP contribution in [0, 0.1) is 17.8 Å². The molecule has 3 atom stereocenters. The number of benzene rings is 1. The lowest BCUT2D eigenvalue weighted by Crippen LogP contribution is -2.37. The van der Waals surface area contributed by atoms with Gasteiger partial charge in [0.2, 0.25) is 11.8 Å². The third-order valence-corrected chi connectivity index (χ3v) is 6.01. The highest BCUT2D eigenvalue weighted by atomic mass is 16.6. The molecule has 1 unspecified atom stereocenters. The van der Waals surface area contributed by atoms with Crippen LogP contribution in [0.4, 0.5) is 5.69 Å². The number of carbonyl (C=O) groups excluding carboxylic acids is 2. The van der Waals surface area contributed by atoms with E-state index < -0.39 is 0 Å². The van der Waals surface area contributed by atoms with Crippen LogP contribution in [0.25, 0.3) is 0 Å². The third-order valence-electron chi connectivity index (χ3n) is 6.01. The molecule has 5 rings (SSSR count). The van der Waals surface area contributed by atoms with Gasteiger partial charge >= 0.3 is 0 Å². The fraction of sp³-hybridized carbons (Fsp3) is 0.579. The van der Waals surface area contributed by atoms with Crippen molar-refractivity contribution in [3.8, 4) is 11.5 Å². The third kappa shape index (κ3) is 2.61. The summed E-state index contributed by atoms with van der Waals surface area (Å²) < 4.78 is 11.1. The summed E-state index contributed by atoms with van der Waals surface area (Å²) in [5.41, 5.74) is 0.775. The molecule has 0 aromatic heterocycles. The Morgan fingerprint density at radius 3 is 2.54 bits per heavy atom. The van der Waals surface area contributed by atoms with Crippen molar-refractivity contribution in [3.63, 3.8) is 0 Å². The van der Waals surface area contributed by atoms with Crippen molar-refractivity contribution in [2.24, 2.45) is 17.8 Å². The molecule has 4 heterocycles. The van der Waals surface area contributed by atoms with Gasteiger partial charge in [0.15, 0.2) is 11.5 Å². The van der Waals surface area contributed by atoms with Gasteiger partial charge in [-0.2, -0.15) is 0 Å². The van der Waals surface area contributed by atoms with Crippen LogP contribution in [0.3, 0.4) is 0 Å². The molecule has 0 aliphatic carbocycles. The van der Waals surface area contributed by atoms with E-state index in [0.717, 1.165) is 31.9 Å². The molecule has 1 aromatic carbocycles. The van der Waals surface area contributed by atoms with Crippen LogP contribution in [0.2, 0.25) is 0 Å². The van der Waals surface area contributed by atoms with Crippen LogP contribution >= 0.6 is 0 Å². The number of rotatable bonds is 2. The lowest BCUT2D eigenvalue weighted by molar-refractivity contribution is -0.135. The van der Waals surface area contributed by atoms with Crippen molar-refractivity contribution in [1.29, 1.82) is 0 Å². The van der Waals surface area contributed by atoms with E-state index in [9.17, 15) is 9.59 Å². The van der Waals surface area contributed by atoms with Crippen molar-refractivity contribution in [2.75, 3.05) is 50.8 Å². The number of ether oxygens (including phenoxy) is 2. The number of nitrogens with zero attached hydrogens (tertiary/aromatic N) is 2. The molecule has 3 fully saturated rings. The molecule has 138 valence electrons. The maximum atomic E-state index is 12.9. The highest BCUT2D eigenvalue weighted by molar-refractivity contribution is 6.00. The molecular weight excluding hydrogens is 334 g/mol. The summed E-state index contributed by atoms with van der Waals surface area (Å²) in [4.78, 5) is 29.1. The molecule has 4 aliphatic heterocycles. The standard InChI is InChI=1S/C19H23N3O4/c23-18-5-12(19(24)21-9-13-7-20-8-14(13)10-21)11-22(18)15-1-2-16-17(6-15)26-4-3-25-16/h1-2,6,12-14,20H,3-5,7-11H2/t12?,13-,14+. The zero-order valence-corrected chi connectivity index (χ0v) is 14.6. The molecule has 1 aromatic rings. The summed E-state index contributed by atoms with van der Waals surface area (Å²) in [6, 6.07) is 5.54. The molecule has 2 amide bonds. The number of carbonyl (C=O) groups is 2. The minimum atomic E-state index is -0.248. The number of hydrogen-bond acceptors (Lipinski definition) is 5. The summed E-state index contributed by atoms with van der Waals surface area (Å²) in [7, 11) is 0. The summed E-state index contributed by atoms with van der Waals surface area (Å²) in [5.74, 6) is 2.40. The van der Waals surface area contributed by atoms with Crippen LogP contribution in [0.15, 0.2) is 18.2 Å². The molecule has 1 N–H and O–H groups in total. The van der Waals surface area contributed by atoms with Gasteiger partial charge in [-0.3, -0.25) is 9.59 Å². The quantitative estimate of drug-likeness (QED) is 0.834. The van der Waals surface area contributed by atoms with E-state index in [0.29, 0.717) is 43.1 Å². The number of hydrogen-bond donors (Lipinski definition) is 1. The molecule has 0 saturated carbocycles. The Morgan fingerprint density at radius 2 is 1.77 bits per heavy atom. The highest BCUT2D eigenvalue weighted by Crippen LogP contribution is 2.36. The molecule has 3 saturated heterocycles. The Bertz CT molecular complexity index is 740. The second-order valence-corrected chi connectivity index (χ2v) is 7.65. The predicted molar refractivity (Wildman–Crippen MR) is 94.3 cm³/mol. The van der Waals surface area contributed by atoms with Crippen molar-refractivity contribution in [2.45, 2.75) is 6.42 Å². The van der Waals surface area contributed by atoms with E-state index in [1.807, 2.05) is 23.1 Å². The van der Waals surface area contributed by atoms with Gasteiger partial charge in [-0.05, 0) is 24.0 Å². The fourth-order valence-electron chi connectivity index (χ4n) is 4.62. The minimum absolute atomic E-state index is 0.00101. The normalized spacial score (nSPS) is 30.0. The number of likely N-dealkylation sites (tertiary alicyclic amines) is 1. The Labute approximate surface area is 152 Å². The van der Waals surface area contributed by atoms with Crippen LogP contribution in [0.5, 0.6) is 11.5 Å². The highest BCUT2D eigenvalue weighted by Gasteiger charge is 2.43. The fourth-order valence-corrected chi connectivity index (χ4v) is 4.62. The van der Waals surface area contributed by atoms with Crippen molar-refractivity contribution in [3.05, 3.63) is 18.2 Å². The largest absolute Gasteiger partial charge is 0.486 e. The molecule has 0 bridgehead atoms. The van der Waals surface area contributed by atoms with Crippen LogP contribution in [-0.4, -0.2) is 62.7 Å². The van der Waals surface area contributed by atoms with Crippen LogP contribution < -0.4 is 19.7 Å². The van der Waals surface area contributed by atoms with E-state index >= 15 is 0 Å². The maximum absolute atomic E-state index is 12.9. The molecule has 7 heteroatoms. The van der Waals surface area contributed by atoms with E-state index in [1.165, 1.54) is 0 Å². The summed E-state index contributed by atoms with van der Waals surface area (Å²) in [6.07, 6.45) is 0.289. The number of anilines is 1. The van der Waals surface area contributed by atoms with Gasteiger partial charge < -0.3 is 24.6 Å². The summed E-state index contributed by atoms with van der Waals surface area (Å²) in [5, 5.41) is 3.39. The Kier molecular flexibility index (Phi) is 3.77. The molecule has 26 heavy (non-hydrogen) atoms. The topological polar surface area (TPSA) is 71.1 Å². The van der Waals surface area contributed by atoms with Gasteiger partial charge in [0.05, 0.1) is 5.92 Å². The van der Waals surface area contributed by atoms with E-state index in [2.05, 4.69) is 5.32 Å². The molecule has 0 spiro atoms. The number of amides is 2. The van der Waals surface area contributed by atoms with Crippen LogP contribution in [0.1, 0.15) is 6.42 Å². The number of nitrogens with one attached hydrogen (secondary N) is 1. The Morgan fingerprint density at radius 1 is 1.04 bits per heavy atom. The zero-order valence-electron chi connectivity index (χ0n) is 14.6. The van der Waals surface area contributed by atoms with Crippen molar-refractivity contribution < 1.29 is 19.1 Å². The molecule has 4 aliphatic rings. The van der Waals surface area contributed by atoms with Gasteiger partial charge in [0.1, 0.15) is 13.2 Å². The molecular formula is C19H23N3O4. The second-order valence-electron chi connectivity index (χ2n) is 7.65. The van der Waals surface area contributed by atoms with E-state index in [4.69, 9.17) is 9.47 Å². The van der Waals surface area contributed by atoms with E-state index in [1.54, 1.807) is 4.90 Å². The SMILES string of the molecule is O=C(C1CC(=O)N(c2ccc3c(c2)OCCO3)C1)N1C[C@H]2CNC[C@H]2C1. The molecule has 7 nitrogen and oxygen atoms in total. The Balaban J connectivity index is 1.29. The van der Waals surface area contributed by atoms with Gasteiger partial charge in [-0.1, -0.05) is 0 Å². The van der Waals surface area contributed by atoms with Crippen LogP contribution in [-0.2, 0) is 9.59 Å². The second kappa shape index (κ2) is 6.16. The maximum Gasteiger partial charge on any atom is 0.228 e. The minimum Gasteiger partial charge on any atom is -0.486 e. The smallest absolute Gasteiger partial charge is 0.228 e. The first-order chi connectivity index (χ1) is 12.7. The van der Waals surface area contributed by atoms with Gasteiger partial charge in [0.25, 0.3) is 0 Å². The first-order valence-corrected chi connectivity index (χ1v) is 9.38. The van der Waals surface area contributed by atoms with Gasteiger partial charge in [0, 0.05) is 50.9 Å². The first kappa shape index (κ1) is 15.9. The van der Waals surface area contributed by atoms with Crippen molar-refractivity contribution in [1.82, 2.24) is 10.2 Å². The lowest BCUT2D eigenvalue weighted by atomic mass is 10.0. The predicted octanol–water partition coefficient (Wildman–Crippen LogP) is 0.489. The molecule has 0 radical (unpaired) electrons. The first-order valence-electron chi connectivity index (χ1n) is 9.38. The van der Waals surface area contributed by atoms with E-state index in [-0.39, 0.29) is 24.2 Å². The van der Waals surface area contributed by atoms with Gasteiger partial charge in [-0.15, -0.1) is 0 Å². The summed E-state index contributed by atoms with van der Waals surface area (Å²) >= 11 is 0. The van der Waals surface area contributed by atoms with Gasteiger partial charge in [-0.25, -0.2) is 0 Å². The lowest BCUT2D eigenvalue weighted by Gasteiger charge is -2.23.